The molecule has 8 nitrogen and oxygen atoms in total. The van der Waals surface area contributed by atoms with Crippen molar-refractivity contribution >= 4 is 12.1 Å². The molecule has 2 N–H and O–H groups in total. The third-order valence-corrected chi connectivity index (χ3v) is 5.50. The van der Waals surface area contributed by atoms with Crippen LogP contribution in [-0.2, 0) is 24.4 Å². The van der Waals surface area contributed by atoms with Gasteiger partial charge < -0.3 is 24.7 Å². The number of hydrogen-bond donors (Lipinski definition) is 2. The Bertz CT molecular complexity index is 845. The number of furan rings is 1. The molecule has 1 aliphatic rings. The van der Waals surface area contributed by atoms with E-state index in [1.807, 2.05) is 12.1 Å². The summed E-state index contributed by atoms with van der Waals surface area (Å²) in [4.78, 5) is 20.0. The minimum absolute atomic E-state index is 0.255. The van der Waals surface area contributed by atoms with Crippen LogP contribution in [0, 0.1) is 0 Å². The monoisotopic (exact) mass is 427 g/mol. The Morgan fingerprint density at radius 3 is 2.58 bits per heavy atom. The third kappa shape index (κ3) is 6.75. The first-order valence-corrected chi connectivity index (χ1v) is 10.7. The fourth-order valence-corrected chi connectivity index (χ4v) is 3.80. The lowest BCUT2D eigenvalue weighted by Crippen LogP contribution is -2.49. The number of piperidine rings is 1. The summed E-state index contributed by atoms with van der Waals surface area (Å²) in [7, 11) is 5.29. The number of aliphatic imine (C=N–C) groups is 1. The summed E-state index contributed by atoms with van der Waals surface area (Å²) in [6.07, 6.45) is 3.18. The number of likely N-dealkylation sites (tertiary alicyclic amines) is 1. The topological polar surface area (TPSA) is 82.3 Å². The third-order valence-electron chi connectivity index (χ3n) is 5.50. The molecule has 1 fully saturated rings. The van der Waals surface area contributed by atoms with Crippen LogP contribution < -0.4 is 10.6 Å². The molecule has 0 spiro atoms. The first-order valence-electron chi connectivity index (χ1n) is 10.7. The van der Waals surface area contributed by atoms with Gasteiger partial charge in [-0.3, -0.25) is 9.89 Å². The lowest BCUT2D eigenvalue weighted by Gasteiger charge is -2.32. The number of guanidine groups is 1. The van der Waals surface area contributed by atoms with Crippen molar-refractivity contribution in [1.82, 2.24) is 20.4 Å². The van der Waals surface area contributed by atoms with Crippen molar-refractivity contribution in [3.05, 3.63) is 59.5 Å². The number of methoxy groups -OCH3 is 1. The van der Waals surface area contributed by atoms with Crippen LogP contribution in [0.3, 0.4) is 0 Å². The molecule has 0 bridgehead atoms. The molecule has 1 aliphatic heterocycles. The number of hydrogen-bond acceptors (Lipinski definition) is 5. The predicted octanol–water partition coefficient (Wildman–Crippen LogP) is 2.81. The second kappa shape index (κ2) is 11.4. The number of carbonyl (C=O) groups excluding carboxylic acids is 1. The molecule has 0 saturated carbocycles. The zero-order valence-corrected chi connectivity index (χ0v) is 18.6. The first kappa shape index (κ1) is 22.7. The van der Waals surface area contributed by atoms with Crippen molar-refractivity contribution in [3.63, 3.8) is 0 Å². The van der Waals surface area contributed by atoms with E-state index in [9.17, 15) is 4.79 Å². The van der Waals surface area contributed by atoms with Crippen LogP contribution in [0.4, 0.5) is 4.79 Å². The number of nitrogens with one attached hydrogen (secondary N) is 2. The average molecular weight is 428 g/mol. The molecule has 0 radical (unpaired) electrons. The van der Waals surface area contributed by atoms with Gasteiger partial charge in [0.05, 0.1) is 19.9 Å². The largest absolute Gasteiger partial charge is 0.468 e. The Balaban J connectivity index is 1.50. The Labute approximate surface area is 184 Å². The molecular weight excluding hydrogens is 394 g/mol. The maximum atomic E-state index is 11.6. The first-order chi connectivity index (χ1) is 15.1. The number of ether oxygens (including phenoxy) is 1. The van der Waals surface area contributed by atoms with Crippen molar-refractivity contribution in [2.24, 2.45) is 4.99 Å². The number of benzene rings is 1. The predicted molar refractivity (Wildman–Crippen MR) is 121 cm³/mol. The summed E-state index contributed by atoms with van der Waals surface area (Å²) in [5.74, 6) is 1.73. The number of carbonyl (C=O) groups is 1. The Hall–Kier alpha value is -3.00. The van der Waals surface area contributed by atoms with E-state index in [1.54, 1.807) is 18.2 Å². The quantitative estimate of drug-likeness (QED) is 0.522. The van der Waals surface area contributed by atoms with Crippen LogP contribution in [0.5, 0.6) is 0 Å². The zero-order valence-electron chi connectivity index (χ0n) is 18.6. The molecule has 0 atom stereocenters. The van der Waals surface area contributed by atoms with Gasteiger partial charge in [0.2, 0.25) is 0 Å². The van der Waals surface area contributed by atoms with E-state index in [1.165, 1.54) is 18.2 Å². The molecule has 1 aromatic heterocycles. The van der Waals surface area contributed by atoms with Crippen molar-refractivity contribution in [1.29, 1.82) is 0 Å². The van der Waals surface area contributed by atoms with Gasteiger partial charge in [-0.1, -0.05) is 24.3 Å². The smallest absolute Gasteiger partial charge is 0.409 e. The Morgan fingerprint density at radius 1 is 1.19 bits per heavy atom. The number of rotatable bonds is 7. The van der Waals surface area contributed by atoms with Crippen LogP contribution in [-0.4, -0.2) is 62.2 Å². The fraction of sp³-hybridized carbons (Fsp3) is 0.478. The molecule has 2 heterocycles. The van der Waals surface area contributed by atoms with E-state index in [0.29, 0.717) is 19.6 Å². The molecule has 1 saturated heterocycles. The van der Waals surface area contributed by atoms with Gasteiger partial charge in [-0.2, -0.15) is 0 Å². The fourth-order valence-electron chi connectivity index (χ4n) is 3.80. The van der Waals surface area contributed by atoms with Gasteiger partial charge in [0.1, 0.15) is 5.76 Å². The molecule has 8 heteroatoms. The molecule has 168 valence electrons. The molecular formula is C23H33N5O3. The number of amides is 1. The van der Waals surface area contributed by atoms with Crippen LogP contribution in [0.25, 0.3) is 0 Å². The maximum absolute atomic E-state index is 11.6. The second-order valence-corrected chi connectivity index (χ2v) is 7.82. The van der Waals surface area contributed by atoms with Gasteiger partial charge in [-0.15, -0.1) is 0 Å². The van der Waals surface area contributed by atoms with E-state index in [4.69, 9.17) is 9.15 Å². The van der Waals surface area contributed by atoms with Gasteiger partial charge in [-0.05, 0) is 43.1 Å². The summed E-state index contributed by atoms with van der Waals surface area (Å²) >= 11 is 0. The highest BCUT2D eigenvalue weighted by Gasteiger charge is 2.23. The highest BCUT2D eigenvalue weighted by atomic mass is 16.5. The van der Waals surface area contributed by atoms with Crippen LogP contribution in [0.2, 0.25) is 0 Å². The summed E-state index contributed by atoms with van der Waals surface area (Å²) in [6.45, 7) is 3.66. The number of nitrogens with zero attached hydrogens (tertiary/aromatic N) is 3. The summed E-state index contributed by atoms with van der Waals surface area (Å²) in [5, 5.41) is 6.91. The standard InChI is InChI=1S/C23H33N5O3/c1-24-22(26-20-10-12-28(13-11-20)23(29)30-3)25-15-18-7-4-5-8-19(18)16-27(2)17-21-9-6-14-31-21/h4-9,14,20H,10-13,15-17H2,1-3H3,(H2,24,25,26). The van der Waals surface area contributed by atoms with E-state index in [0.717, 1.165) is 37.7 Å². The lowest BCUT2D eigenvalue weighted by molar-refractivity contribution is 0.111. The van der Waals surface area contributed by atoms with E-state index in [2.05, 4.69) is 51.8 Å². The molecule has 0 unspecified atom stereocenters. The van der Waals surface area contributed by atoms with Gasteiger partial charge in [0, 0.05) is 39.3 Å². The van der Waals surface area contributed by atoms with Crippen LogP contribution in [0.1, 0.15) is 29.7 Å². The highest BCUT2D eigenvalue weighted by molar-refractivity contribution is 5.80. The summed E-state index contributed by atoms with van der Waals surface area (Å²) in [5.41, 5.74) is 2.50. The van der Waals surface area contributed by atoms with Gasteiger partial charge in [0.15, 0.2) is 5.96 Å². The molecule has 1 amide bonds. The molecule has 3 rings (SSSR count). The van der Waals surface area contributed by atoms with Crippen LogP contribution >= 0.6 is 0 Å². The molecule has 31 heavy (non-hydrogen) atoms. The maximum Gasteiger partial charge on any atom is 0.409 e. The Kier molecular flexibility index (Phi) is 8.35. The highest BCUT2D eigenvalue weighted by Crippen LogP contribution is 2.14. The second-order valence-electron chi connectivity index (χ2n) is 7.82. The Morgan fingerprint density at radius 2 is 1.94 bits per heavy atom. The molecule has 2 aromatic rings. The minimum Gasteiger partial charge on any atom is -0.468 e. The zero-order chi connectivity index (χ0) is 22.1. The van der Waals surface area contributed by atoms with Crippen molar-refractivity contribution in [2.75, 3.05) is 34.3 Å². The van der Waals surface area contributed by atoms with E-state index < -0.39 is 0 Å². The van der Waals surface area contributed by atoms with Crippen molar-refractivity contribution in [3.8, 4) is 0 Å². The summed E-state index contributed by atoms with van der Waals surface area (Å²) < 4.78 is 10.3. The van der Waals surface area contributed by atoms with Gasteiger partial charge >= 0.3 is 6.09 Å². The summed E-state index contributed by atoms with van der Waals surface area (Å²) in [6, 6.07) is 12.6. The molecule has 0 aliphatic carbocycles. The average Bonchev–Trinajstić information content (AvgIpc) is 3.30. The van der Waals surface area contributed by atoms with Gasteiger partial charge in [0.25, 0.3) is 0 Å². The SMILES string of the molecule is CN=C(NCc1ccccc1CN(C)Cc1ccco1)NC1CCN(C(=O)OC)CC1. The normalized spacial score (nSPS) is 15.2. The van der Waals surface area contributed by atoms with Crippen molar-refractivity contribution in [2.45, 2.75) is 38.5 Å². The minimum atomic E-state index is -0.255. The van der Waals surface area contributed by atoms with Gasteiger partial charge in [-0.25, -0.2) is 4.79 Å². The van der Waals surface area contributed by atoms with Crippen molar-refractivity contribution < 1.29 is 13.9 Å². The van der Waals surface area contributed by atoms with E-state index in [-0.39, 0.29) is 12.1 Å². The van der Waals surface area contributed by atoms with E-state index >= 15 is 0 Å². The van der Waals surface area contributed by atoms with Crippen LogP contribution in [0.15, 0.2) is 52.1 Å². The molecule has 1 aromatic carbocycles. The lowest BCUT2D eigenvalue weighted by atomic mass is 10.1.